The highest BCUT2D eigenvalue weighted by Gasteiger charge is 2.25. The van der Waals surface area contributed by atoms with Crippen LogP contribution in [-0.4, -0.2) is 35.4 Å². The molecule has 0 radical (unpaired) electrons. The van der Waals surface area contributed by atoms with Crippen molar-refractivity contribution in [3.05, 3.63) is 56.7 Å². The average molecular weight is 419 g/mol. The second-order valence-electron chi connectivity index (χ2n) is 6.04. The minimum atomic E-state index is -0.418. The van der Waals surface area contributed by atoms with Crippen molar-refractivity contribution >= 4 is 39.0 Å². The van der Waals surface area contributed by atoms with E-state index in [4.69, 9.17) is 0 Å². The van der Waals surface area contributed by atoms with E-state index in [1.54, 1.807) is 30.5 Å². The van der Waals surface area contributed by atoms with Crippen molar-refractivity contribution in [1.29, 1.82) is 0 Å². The molecule has 0 N–H and O–H groups in total. The number of amides is 1. The number of hydrogen-bond acceptors (Lipinski definition) is 5. The summed E-state index contributed by atoms with van der Waals surface area (Å²) in [5, 5.41) is 11.5. The van der Waals surface area contributed by atoms with Gasteiger partial charge in [0.15, 0.2) is 0 Å². The quantitative estimate of drug-likeness (QED) is 0.540. The fourth-order valence-corrected chi connectivity index (χ4v) is 3.36. The Labute approximate surface area is 159 Å². The molecule has 26 heavy (non-hydrogen) atoms. The number of rotatable bonds is 5. The molecule has 2 aromatic rings. The van der Waals surface area contributed by atoms with Crippen LogP contribution >= 0.6 is 15.9 Å². The maximum atomic E-state index is 12.9. The van der Waals surface area contributed by atoms with Gasteiger partial charge in [-0.1, -0.05) is 0 Å². The van der Waals surface area contributed by atoms with E-state index in [1.807, 2.05) is 11.8 Å². The van der Waals surface area contributed by atoms with Crippen LogP contribution in [0.15, 0.2) is 41.0 Å². The molecule has 0 atom stereocenters. The normalized spacial score (nSPS) is 13.7. The average Bonchev–Trinajstić information content (AvgIpc) is 3.17. The molecular formula is C18H19BrN4O3. The van der Waals surface area contributed by atoms with Crippen LogP contribution in [0.1, 0.15) is 30.1 Å². The summed E-state index contributed by atoms with van der Waals surface area (Å²) in [5.74, 6) is 0.199. The highest BCUT2D eigenvalue weighted by molar-refractivity contribution is 9.10. The molecule has 7 nitrogen and oxygen atoms in total. The Morgan fingerprint density at radius 1 is 1.31 bits per heavy atom. The van der Waals surface area contributed by atoms with Gasteiger partial charge < -0.3 is 4.90 Å². The standard InChI is InChI=1S/C18H19BrN4O3/c1-2-22(17-8-6-14(19)12-20-17)18(24)13-5-7-15(16(11-13)23(25)26)21-9-3-4-10-21/h5-8,11-12H,2-4,9-10H2,1H3. The molecule has 1 aliphatic rings. The predicted octanol–water partition coefficient (Wildman–Crippen LogP) is 4.02. The zero-order valence-corrected chi connectivity index (χ0v) is 16.0. The van der Waals surface area contributed by atoms with Crippen molar-refractivity contribution in [3.63, 3.8) is 0 Å². The maximum absolute atomic E-state index is 12.9. The summed E-state index contributed by atoms with van der Waals surface area (Å²) in [4.78, 5) is 31.8. The Balaban J connectivity index is 1.94. The molecule has 1 aromatic heterocycles. The van der Waals surface area contributed by atoms with Crippen LogP contribution < -0.4 is 9.80 Å². The molecule has 1 amide bonds. The first-order valence-corrected chi connectivity index (χ1v) is 9.27. The van der Waals surface area contributed by atoms with E-state index in [2.05, 4.69) is 20.9 Å². The molecule has 1 fully saturated rings. The van der Waals surface area contributed by atoms with Crippen molar-refractivity contribution in [1.82, 2.24) is 4.98 Å². The number of aromatic nitrogens is 1. The Kier molecular flexibility index (Phi) is 5.51. The van der Waals surface area contributed by atoms with Gasteiger partial charge in [0.1, 0.15) is 11.5 Å². The van der Waals surface area contributed by atoms with Gasteiger partial charge in [0.2, 0.25) is 0 Å². The summed E-state index contributed by atoms with van der Waals surface area (Å²) in [7, 11) is 0. The maximum Gasteiger partial charge on any atom is 0.293 e. The lowest BCUT2D eigenvalue weighted by atomic mass is 10.1. The number of hydrogen-bond donors (Lipinski definition) is 0. The van der Waals surface area contributed by atoms with Gasteiger partial charge in [-0.05, 0) is 60.0 Å². The van der Waals surface area contributed by atoms with E-state index >= 15 is 0 Å². The van der Waals surface area contributed by atoms with E-state index < -0.39 is 4.92 Å². The minimum Gasteiger partial charge on any atom is -0.366 e. The smallest absolute Gasteiger partial charge is 0.293 e. The third-order valence-electron chi connectivity index (χ3n) is 4.42. The molecule has 2 heterocycles. The molecule has 136 valence electrons. The molecule has 3 rings (SSSR count). The summed E-state index contributed by atoms with van der Waals surface area (Å²) in [6, 6.07) is 8.25. The topological polar surface area (TPSA) is 79.6 Å². The largest absolute Gasteiger partial charge is 0.366 e. The number of nitro benzene ring substituents is 1. The number of carbonyl (C=O) groups is 1. The van der Waals surface area contributed by atoms with Crippen molar-refractivity contribution in [2.75, 3.05) is 29.4 Å². The molecule has 1 aliphatic heterocycles. The number of nitrogens with zero attached hydrogens (tertiary/aromatic N) is 4. The van der Waals surface area contributed by atoms with E-state index in [1.165, 1.54) is 11.0 Å². The molecular weight excluding hydrogens is 400 g/mol. The molecule has 0 spiro atoms. The lowest BCUT2D eigenvalue weighted by Gasteiger charge is -2.21. The molecule has 0 unspecified atom stereocenters. The monoisotopic (exact) mass is 418 g/mol. The summed E-state index contributed by atoms with van der Waals surface area (Å²) < 4.78 is 0.815. The van der Waals surface area contributed by atoms with E-state index in [0.717, 1.165) is 30.4 Å². The van der Waals surface area contributed by atoms with Crippen LogP contribution in [-0.2, 0) is 0 Å². The Bertz CT molecular complexity index is 820. The summed E-state index contributed by atoms with van der Waals surface area (Å²) in [5.41, 5.74) is 0.831. The van der Waals surface area contributed by atoms with Gasteiger partial charge in [-0.2, -0.15) is 0 Å². The number of benzene rings is 1. The van der Waals surface area contributed by atoms with Crippen molar-refractivity contribution < 1.29 is 9.72 Å². The molecule has 0 bridgehead atoms. The van der Waals surface area contributed by atoms with E-state index in [0.29, 0.717) is 18.1 Å². The molecule has 0 aliphatic carbocycles. The van der Waals surface area contributed by atoms with Crippen LogP contribution in [0.3, 0.4) is 0 Å². The van der Waals surface area contributed by atoms with E-state index in [9.17, 15) is 14.9 Å². The van der Waals surface area contributed by atoms with Crippen LogP contribution in [0, 0.1) is 10.1 Å². The van der Waals surface area contributed by atoms with Gasteiger partial charge in [0, 0.05) is 41.9 Å². The van der Waals surface area contributed by atoms with Gasteiger partial charge in [-0.3, -0.25) is 19.8 Å². The van der Waals surface area contributed by atoms with Gasteiger partial charge in [0.25, 0.3) is 11.6 Å². The molecule has 1 saturated heterocycles. The van der Waals surface area contributed by atoms with Gasteiger partial charge >= 0.3 is 0 Å². The lowest BCUT2D eigenvalue weighted by Crippen LogP contribution is -2.31. The summed E-state index contributed by atoms with van der Waals surface area (Å²) >= 11 is 3.32. The fraction of sp³-hybridized carbons (Fsp3) is 0.333. The van der Waals surface area contributed by atoms with Gasteiger partial charge in [0.05, 0.1) is 4.92 Å². The van der Waals surface area contributed by atoms with E-state index in [-0.39, 0.29) is 17.2 Å². The molecule has 1 aromatic carbocycles. The second kappa shape index (κ2) is 7.82. The van der Waals surface area contributed by atoms with Crippen LogP contribution in [0.5, 0.6) is 0 Å². The number of anilines is 2. The molecule has 8 heteroatoms. The summed E-state index contributed by atoms with van der Waals surface area (Å²) in [6.45, 7) is 3.86. The SMILES string of the molecule is CCN(C(=O)c1ccc(N2CCCC2)c([N+](=O)[O-])c1)c1ccc(Br)cn1. The van der Waals surface area contributed by atoms with Gasteiger partial charge in [-0.15, -0.1) is 0 Å². The number of pyridine rings is 1. The molecule has 0 saturated carbocycles. The Hall–Kier alpha value is -2.48. The number of carbonyl (C=O) groups excluding carboxylic acids is 1. The van der Waals surface area contributed by atoms with Crippen molar-refractivity contribution in [3.8, 4) is 0 Å². The van der Waals surface area contributed by atoms with Crippen LogP contribution in [0.25, 0.3) is 0 Å². The van der Waals surface area contributed by atoms with Crippen LogP contribution in [0.4, 0.5) is 17.2 Å². The third kappa shape index (κ3) is 3.70. The first-order valence-electron chi connectivity index (χ1n) is 8.48. The zero-order chi connectivity index (χ0) is 18.7. The zero-order valence-electron chi connectivity index (χ0n) is 14.4. The van der Waals surface area contributed by atoms with Gasteiger partial charge in [-0.25, -0.2) is 4.98 Å². The van der Waals surface area contributed by atoms with Crippen molar-refractivity contribution in [2.24, 2.45) is 0 Å². The Morgan fingerprint density at radius 2 is 2.04 bits per heavy atom. The number of nitro groups is 1. The first kappa shape index (κ1) is 18.3. The lowest BCUT2D eigenvalue weighted by molar-refractivity contribution is -0.384. The number of halogens is 1. The van der Waals surface area contributed by atoms with Crippen molar-refractivity contribution in [2.45, 2.75) is 19.8 Å². The highest BCUT2D eigenvalue weighted by Crippen LogP contribution is 2.32. The Morgan fingerprint density at radius 3 is 2.62 bits per heavy atom. The minimum absolute atomic E-state index is 0.0300. The third-order valence-corrected chi connectivity index (χ3v) is 4.88. The summed E-state index contributed by atoms with van der Waals surface area (Å²) in [6.07, 6.45) is 3.66. The first-order chi connectivity index (χ1) is 12.5. The fourth-order valence-electron chi connectivity index (χ4n) is 3.12. The van der Waals surface area contributed by atoms with Crippen LogP contribution in [0.2, 0.25) is 0 Å². The highest BCUT2D eigenvalue weighted by atomic mass is 79.9. The predicted molar refractivity (Wildman–Crippen MR) is 104 cm³/mol. The second-order valence-corrected chi connectivity index (χ2v) is 6.95.